The number of rotatable bonds is 1. The van der Waals surface area contributed by atoms with Gasteiger partial charge in [-0.3, -0.25) is 9.89 Å². The number of hydrogen-bond donors (Lipinski definition) is 2. The zero-order valence-corrected chi connectivity index (χ0v) is 8.86. The number of carboxylic acid groups (broad SMARTS) is 1. The molecular weight excluding hydrogens is 255 g/mol. The number of nitrogens with one attached hydrogen (secondary N) is 1. The standard InChI is InChI=1S/C9H8F3N3O3/c10-9(11,12)8(18)15-3-5-4(2-13-14-5)1-6(15)7(16)17/h2,6H,1,3H2,(H,13,14)(H,16,17). The van der Waals surface area contributed by atoms with Crippen LogP contribution in [0.3, 0.4) is 0 Å². The van der Waals surface area contributed by atoms with Crippen molar-refractivity contribution >= 4 is 11.9 Å². The topological polar surface area (TPSA) is 86.3 Å². The number of aliphatic carboxylic acids is 1. The highest BCUT2D eigenvalue weighted by Gasteiger charge is 2.48. The summed E-state index contributed by atoms with van der Waals surface area (Å²) in [4.78, 5) is 22.4. The van der Waals surface area contributed by atoms with Gasteiger partial charge in [-0.2, -0.15) is 18.3 Å². The van der Waals surface area contributed by atoms with E-state index in [0.29, 0.717) is 16.2 Å². The number of aromatic nitrogens is 2. The van der Waals surface area contributed by atoms with Crippen LogP contribution in [-0.4, -0.2) is 44.3 Å². The molecule has 98 valence electrons. The molecule has 0 spiro atoms. The van der Waals surface area contributed by atoms with E-state index in [4.69, 9.17) is 5.11 Å². The summed E-state index contributed by atoms with van der Waals surface area (Å²) >= 11 is 0. The lowest BCUT2D eigenvalue weighted by Gasteiger charge is -2.32. The highest BCUT2D eigenvalue weighted by molar-refractivity contribution is 5.87. The first-order chi connectivity index (χ1) is 8.30. The number of H-pyrrole nitrogens is 1. The Bertz CT molecular complexity index is 497. The van der Waals surface area contributed by atoms with Crippen LogP contribution in [0.4, 0.5) is 13.2 Å². The molecule has 0 saturated carbocycles. The molecule has 1 aromatic rings. The average Bonchev–Trinajstić information content (AvgIpc) is 2.71. The molecule has 0 fully saturated rings. The van der Waals surface area contributed by atoms with Crippen molar-refractivity contribution in [3.8, 4) is 0 Å². The summed E-state index contributed by atoms with van der Waals surface area (Å²) in [6.07, 6.45) is -3.94. The molecule has 0 saturated heterocycles. The van der Waals surface area contributed by atoms with E-state index >= 15 is 0 Å². The van der Waals surface area contributed by atoms with Crippen molar-refractivity contribution in [3.63, 3.8) is 0 Å². The van der Waals surface area contributed by atoms with E-state index in [0.717, 1.165) is 0 Å². The second-order valence-corrected chi connectivity index (χ2v) is 3.86. The van der Waals surface area contributed by atoms with Crippen molar-refractivity contribution in [2.75, 3.05) is 0 Å². The minimum Gasteiger partial charge on any atom is -0.480 e. The molecule has 1 aliphatic rings. The third-order valence-electron chi connectivity index (χ3n) is 2.71. The van der Waals surface area contributed by atoms with Crippen LogP contribution in [0, 0.1) is 0 Å². The van der Waals surface area contributed by atoms with Crippen molar-refractivity contribution < 1.29 is 27.9 Å². The van der Waals surface area contributed by atoms with Gasteiger partial charge in [-0.05, 0) is 5.56 Å². The summed E-state index contributed by atoms with van der Waals surface area (Å²) in [6.45, 7) is -0.440. The molecule has 1 aromatic heterocycles. The number of halogens is 3. The lowest BCUT2D eigenvalue weighted by atomic mass is 9.99. The van der Waals surface area contributed by atoms with Gasteiger partial charge < -0.3 is 10.0 Å². The predicted octanol–water partition coefficient (Wildman–Crippen LogP) is 0.310. The summed E-state index contributed by atoms with van der Waals surface area (Å²) < 4.78 is 37.1. The Hall–Kier alpha value is -2.06. The third kappa shape index (κ3) is 2.03. The van der Waals surface area contributed by atoms with Crippen LogP contribution in [0.5, 0.6) is 0 Å². The van der Waals surface area contributed by atoms with Crippen LogP contribution >= 0.6 is 0 Å². The fraction of sp³-hybridized carbons (Fsp3) is 0.444. The van der Waals surface area contributed by atoms with E-state index in [9.17, 15) is 22.8 Å². The van der Waals surface area contributed by atoms with E-state index in [-0.39, 0.29) is 6.42 Å². The number of carbonyl (C=O) groups is 2. The Morgan fingerprint density at radius 2 is 2.17 bits per heavy atom. The predicted molar refractivity (Wildman–Crippen MR) is 50.3 cm³/mol. The van der Waals surface area contributed by atoms with Gasteiger partial charge in [0.15, 0.2) is 0 Å². The second kappa shape index (κ2) is 4.00. The Morgan fingerprint density at radius 3 is 2.72 bits per heavy atom. The molecule has 2 heterocycles. The molecule has 0 radical (unpaired) electrons. The van der Waals surface area contributed by atoms with E-state index in [1.807, 2.05) is 0 Å². The van der Waals surface area contributed by atoms with Gasteiger partial charge in [0, 0.05) is 6.42 Å². The molecule has 2 rings (SSSR count). The van der Waals surface area contributed by atoms with Crippen LogP contribution in [0.25, 0.3) is 0 Å². The lowest BCUT2D eigenvalue weighted by Crippen LogP contribution is -2.52. The van der Waals surface area contributed by atoms with E-state index in [2.05, 4.69) is 10.2 Å². The summed E-state index contributed by atoms with van der Waals surface area (Å²) in [7, 11) is 0. The molecule has 18 heavy (non-hydrogen) atoms. The number of fused-ring (bicyclic) bond motifs is 1. The van der Waals surface area contributed by atoms with Crippen molar-refractivity contribution in [2.45, 2.75) is 25.2 Å². The molecule has 1 aliphatic heterocycles. The molecule has 2 N–H and O–H groups in total. The first kappa shape index (κ1) is 12.4. The Morgan fingerprint density at radius 1 is 1.50 bits per heavy atom. The van der Waals surface area contributed by atoms with Gasteiger partial charge in [0.1, 0.15) is 6.04 Å². The molecule has 1 unspecified atom stereocenters. The summed E-state index contributed by atoms with van der Waals surface area (Å²) in [6, 6.07) is -1.52. The maximum atomic E-state index is 12.4. The van der Waals surface area contributed by atoms with Crippen molar-refractivity contribution in [1.29, 1.82) is 0 Å². The summed E-state index contributed by atoms with van der Waals surface area (Å²) in [5.74, 6) is -3.63. The van der Waals surface area contributed by atoms with Gasteiger partial charge in [-0.15, -0.1) is 0 Å². The highest BCUT2D eigenvalue weighted by atomic mass is 19.4. The van der Waals surface area contributed by atoms with Crippen LogP contribution < -0.4 is 0 Å². The number of carboxylic acids is 1. The number of carbonyl (C=O) groups excluding carboxylic acids is 1. The first-order valence-corrected chi connectivity index (χ1v) is 4.92. The van der Waals surface area contributed by atoms with Crippen LogP contribution in [0.15, 0.2) is 6.20 Å². The molecule has 6 nitrogen and oxygen atoms in total. The normalized spacial score (nSPS) is 19.5. The fourth-order valence-electron chi connectivity index (χ4n) is 1.85. The van der Waals surface area contributed by atoms with Crippen molar-refractivity contribution in [2.24, 2.45) is 0 Å². The van der Waals surface area contributed by atoms with Crippen molar-refractivity contribution in [3.05, 3.63) is 17.5 Å². The zero-order chi connectivity index (χ0) is 13.5. The minimum absolute atomic E-state index is 0.191. The first-order valence-electron chi connectivity index (χ1n) is 4.92. The molecule has 0 aromatic carbocycles. The second-order valence-electron chi connectivity index (χ2n) is 3.86. The van der Waals surface area contributed by atoms with Gasteiger partial charge in [0.05, 0.1) is 18.4 Å². The maximum Gasteiger partial charge on any atom is 0.471 e. The number of alkyl halides is 3. The molecule has 0 aliphatic carbocycles. The van der Waals surface area contributed by atoms with Gasteiger partial charge in [0.2, 0.25) is 0 Å². The molecule has 1 amide bonds. The maximum absolute atomic E-state index is 12.4. The van der Waals surface area contributed by atoms with Crippen LogP contribution in [0.1, 0.15) is 11.3 Å². The van der Waals surface area contributed by atoms with Gasteiger partial charge in [-0.1, -0.05) is 0 Å². The van der Waals surface area contributed by atoms with Gasteiger partial charge >= 0.3 is 18.1 Å². The zero-order valence-electron chi connectivity index (χ0n) is 8.86. The molecule has 1 atom stereocenters. The fourth-order valence-corrected chi connectivity index (χ4v) is 1.85. The number of hydrogen-bond acceptors (Lipinski definition) is 3. The Kier molecular flexibility index (Phi) is 2.76. The molecule has 0 bridgehead atoms. The molecule has 9 heteroatoms. The minimum atomic E-state index is -5.09. The van der Waals surface area contributed by atoms with E-state index in [1.165, 1.54) is 6.20 Å². The molecular formula is C9H8F3N3O3. The van der Waals surface area contributed by atoms with Gasteiger partial charge in [0.25, 0.3) is 0 Å². The number of aromatic amines is 1. The summed E-state index contributed by atoms with van der Waals surface area (Å²) in [5, 5.41) is 15.0. The quantitative estimate of drug-likeness (QED) is 0.763. The lowest BCUT2D eigenvalue weighted by molar-refractivity contribution is -0.191. The Balaban J connectivity index is 2.34. The number of nitrogens with zero attached hydrogens (tertiary/aromatic N) is 2. The van der Waals surface area contributed by atoms with Crippen molar-refractivity contribution in [1.82, 2.24) is 15.1 Å². The van der Waals surface area contributed by atoms with Gasteiger partial charge in [-0.25, -0.2) is 4.79 Å². The smallest absolute Gasteiger partial charge is 0.471 e. The van der Waals surface area contributed by atoms with E-state index < -0.39 is 30.6 Å². The average molecular weight is 263 g/mol. The highest BCUT2D eigenvalue weighted by Crippen LogP contribution is 2.27. The third-order valence-corrected chi connectivity index (χ3v) is 2.71. The summed E-state index contributed by atoms with van der Waals surface area (Å²) in [5.41, 5.74) is 0.832. The van der Waals surface area contributed by atoms with E-state index in [1.54, 1.807) is 0 Å². The largest absolute Gasteiger partial charge is 0.480 e. The van der Waals surface area contributed by atoms with Crippen LogP contribution in [0.2, 0.25) is 0 Å². The SMILES string of the molecule is O=C(O)C1Cc2cn[nH]c2CN1C(=O)C(F)(F)F. The Labute approximate surface area is 98.4 Å². The number of amides is 1. The van der Waals surface area contributed by atoms with Crippen LogP contribution in [-0.2, 0) is 22.6 Å². The monoisotopic (exact) mass is 263 g/mol.